The topological polar surface area (TPSA) is 101 Å². The van der Waals surface area contributed by atoms with Gasteiger partial charge in [-0.25, -0.2) is 0 Å². The van der Waals surface area contributed by atoms with E-state index in [-0.39, 0.29) is 11.3 Å². The molecule has 0 aromatic heterocycles. The van der Waals surface area contributed by atoms with Crippen molar-refractivity contribution in [3.63, 3.8) is 0 Å². The molecule has 7 heteroatoms. The van der Waals surface area contributed by atoms with E-state index in [4.69, 9.17) is 4.74 Å². The summed E-state index contributed by atoms with van der Waals surface area (Å²) in [5.41, 5.74) is 2.73. The van der Waals surface area contributed by atoms with Crippen molar-refractivity contribution in [3.05, 3.63) is 52.1 Å². The maximum Gasteiger partial charge on any atom is 0.298 e. The Hall–Kier alpha value is -2.38. The molecule has 0 aliphatic rings. The molecule has 2 N–H and O–H groups in total. The van der Waals surface area contributed by atoms with E-state index in [9.17, 15) is 22.9 Å². The predicted molar refractivity (Wildman–Crippen MR) is 88.6 cm³/mol. The van der Waals surface area contributed by atoms with Crippen molar-refractivity contribution in [2.75, 3.05) is 7.11 Å². The smallest absolute Gasteiger partial charge is 0.298 e. The second-order valence-corrected chi connectivity index (χ2v) is 6.97. The molecule has 2 aromatic rings. The van der Waals surface area contributed by atoms with Crippen LogP contribution in [0.3, 0.4) is 0 Å². The molecule has 0 saturated carbocycles. The van der Waals surface area contributed by atoms with E-state index in [2.05, 4.69) is 0 Å². The lowest BCUT2D eigenvalue weighted by Gasteiger charge is -2.13. The number of aromatic hydroxyl groups is 1. The molecule has 0 amide bonds. The molecular formula is C17H18O6S. The lowest BCUT2D eigenvalue weighted by Crippen LogP contribution is -2.09. The Morgan fingerprint density at radius 3 is 2.08 bits per heavy atom. The lowest BCUT2D eigenvalue weighted by atomic mass is 9.94. The molecule has 6 nitrogen and oxygen atoms in total. The largest absolute Gasteiger partial charge is 0.507 e. The van der Waals surface area contributed by atoms with E-state index < -0.39 is 26.5 Å². The number of methoxy groups -OCH3 is 1. The minimum atomic E-state index is -4.61. The van der Waals surface area contributed by atoms with Gasteiger partial charge in [0.15, 0.2) is 5.78 Å². The highest BCUT2D eigenvalue weighted by atomic mass is 32.2. The number of hydrogen-bond acceptors (Lipinski definition) is 5. The van der Waals surface area contributed by atoms with Crippen LogP contribution >= 0.6 is 0 Å². The van der Waals surface area contributed by atoms with E-state index in [1.54, 1.807) is 13.0 Å². The third-order valence-corrected chi connectivity index (χ3v) is 4.76. The minimum Gasteiger partial charge on any atom is -0.507 e. The van der Waals surface area contributed by atoms with Gasteiger partial charge in [0, 0.05) is 11.6 Å². The number of aryl methyl sites for hydroxylation is 3. The van der Waals surface area contributed by atoms with Crippen LogP contribution in [-0.4, -0.2) is 31.0 Å². The van der Waals surface area contributed by atoms with Crippen molar-refractivity contribution in [2.45, 2.75) is 25.7 Å². The zero-order valence-electron chi connectivity index (χ0n) is 13.7. The zero-order valence-corrected chi connectivity index (χ0v) is 14.6. The first-order chi connectivity index (χ1) is 11.1. The number of benzene rings is 2. The summed E-state index contributed by atoms with van der Waals surface area (Å²) < 4.78 is 37.1. The predicted octanol–water partition coefficient (Wildman–Crippen LogP) is 2.80. The van der Waals surface area contributed by atoms with E-state index >= 15 is 0 Å². The fourth-order valence-corrected chi connectivity index (χ4v) is 3.11. The number of phenols is 1. The van der Waals surface area contributed by atoms with Gasteiger partial charge in [-0.15, -0.1) is 0 Å². The van der Waals surface area contributed by atoms with Crippen molar-refractivity contribution < 1.29 is 27.6 Å². The number of carbonyl (C=O) groups is 1. The number of phenolic OH excluding ortho intramolecular Hbond substituents is 1. The SMILES string of the molecule is COc1cc(O)c(C(=O)c2cc(C)c(C)cc2C)cc1S(=O)(=O)O. The van der Waals surface area contributed by atoms with Crippen molar-refractivity contribution in [3.8, 4) is 11.5 Å². The van der Waals surface area contributed by atoms with Crippen LogP contribution in [0.25, 0.3) is 0 Å². The zero-order chi connectivity index (χ0) is 18.2. The number of hydrogen-bond donors (Lipinski definition) is 2. The summed E-state index contributed by atoms with van der Waals surface area (Å²) >= 11 is 0. The highest BCUT2D eigenvalue weighted by Gasteiger charge is 2.24. The number of rotatable bonds is 4. The van der Waals surface area contributed by atoms with Crippen LogP contribution in [0.15, 0.2) is 29.2 Å². The molecule has 0 saturated heterocycles. The van der Waals surface area contributed by atoms with Gasteiger partial charge in [0.05, 0.1) is 12.7 Å². The number of ether oxygens (including phenoxy) is 1. The van der Waals surface area contributed by atoms with E-state index in [0.717, 1.165) is 23.3 Å². The van der Waals surface area contributed by atoms with E-state index in [0.29, 0.717) is 11.1 Å². The Kier molecular flexibility index (Phi) is 4.68. The summed E-state index contributed by atoms with van der Waals surface area (Å²) in [7, 11) is -3.42. The molecular weight excluding hydrogens is 332 g/mol. The van der Waals surface area contributed by atoms with Crippen LogP contribution in [0.4, 0.5) is 0 Å². The maximum absolute atomic E-state index is 12.8. The summed E-state index contributed by atoms with van der Waals surface area (Å²) in [6.07, 6.45) is 0. The van der Waals surface area contributed by atoms with Crippen LogP contribution in [0.1, 0.15) is 32.6 Å². The quantitative estimate of drug-likeness (QED) is 0.649. The normalized spacial score (nSPS) is 11.4. The van der Waals surface area contributed by atoms with Crippen LogP contribution in [0.5, 0.6) is 11.5 Å². The van der Waals surface area contributed by atoms with Gasteiger partial charge in [0.25, 0.3) is 10.1 Å². The van der Waals surface area contributed by atoms with Gasteiger partial charge >= 0.3 is 0 Å². The van der Waals surface area contributed by atoms with Crippen LogP contribution < -0.4 is 4.74 Å². The van der Waals surface area contributed by atoms with E-state index in [1.165, 1.54) is 7.11 Å². The van der Waals surface area contributed by atoms with Gasteiger partial charge in [0.1, 0.15) is 16.4 Å². The third kappa shape index (κ3) is 3.27. The fraction of sp³-hybridized carbons (Fsp3) is 0.235. The Bertz CT molecular complexity index is 929. The number of carbonyl (C=O) groups excluding carboxylic acids is 1. The molecule has 2 rings (SSSR count). The average molecular weight is 350 g/mol. The maximum atomic E-state index is 12.8. The molecule has 0 radical (unpaired) electrons. The summed E-state index contributed by atoms with van der Waals surface area (Å²) in [5.74, 6) is -1.22. The highest BCUT2D eigenvalue weighted by molar-refractivity contribution is 7.86. The molecule has 0 unspecified atom stereocenters. The first kappa shape index (κ1) is 18.0. The standard InChI is InChI=1S/C17H18O6S/c1-9-5-11(3)12(6-10(9)2)17(19)13-7-16(24(20,21)22)15(23-4)8-14(13)18/h5-8,18H,1-4H3,(H,20,21,22). The molecule has 0 spiro atoms. The third-order valence-electron chi connectivity index (χ3n) is 3.89. The summed E-state index contributed by atoms with van der Waals surface area (Å²) in [6, 6.07) is 5.43. The molecule has 24 heavy (non-hydrogen) atoms. The highest BCUT2D eigenvalue weighted by Crippen LogP contribution is 2.33. The first-order valence-electron chi connectivity index (χ1n) is 7.07. The van der Waals surface area contributed by atoms with Crippen molar-refractivity contribution in [1.82, 2.24) is 0 Å². The molecule has 0 fully saturated rings. The van der Waals surface area contributed by atoms with Crippen molar-refractivity contribution in [1.29, 1.82) is 0 Å². The van der Waals surface area contributed by atoms with Gasteiger partial charge in [-0.2, -0.15) is 8.42 Å². The van der Waals surface area contributed by atoms with Gasteiger partial charge in [-0.05, 0) is 49.6 Å². The summed E-state index contributed by atoms with van der Waals surface area (Å²) in [6.45, 7) is 5.52. The van der Waals surface area contributed by atoms with Crippen LogP contribution in [0, 0.1) is 20.8 Å². The van der Waals surface area contributed by atoms with Gasteiger partial charge in [-0.1, -0.05) is 6.07 Å². The van der Waals surface area contributed by atoms with Crippen LogP contribution in [-0.2, 0) is 10.1 Å². The van der Waals surface area contributed by atoms with Gasteiger partial charge in [-0.3, -0.25) is 9.35 Å². The summed E-state index contributed by atoms with van der Waals surface area (Å²) in [5, 5.41) is 10.1. The molecule has 0 bridgehead atoms. The molecule has 128 valence electrons. The van der Waals surface area contributed by atoms with Crippen molar-refractivity contribution >= 4 is 15.9 Å². The Morgan fingerprint density at radius 1 is 0.958 bits per heavy atom. The Morgan fingerprint density at radius 2 is 1.54 bits per heavy atom. The van der Waals surface area contributed by atoms with Gasteiger partial charge in [0.2, 0.25) is 0 Å². The van der Waals surface area contributed by atoms with Gasteiger partial charge < -0.3 is 9.84 Å². The molecule has 0 heterocycles. The molecule has 2 aromatic carbocycles. The monoisotopic (exact) mass is 350 g/mol. The lowest BCUT2D eigenvalue weighted by molar-refractivity contribution is 0.103. The molecule has 0 atom stereocenters. The van der Waals surface area contributed by atoms with Crippen LogP contribution in [0.2, 0.25) is 0 Å². The average Bonchev–Trinajstić information content (AvgIpc) is 2.48. The Balaban J connectivity index is 2.69. The summed E-state index contributed by atoms with van der Waals surface area (Å²) in [4.78, 5) is 12.2. The fourth-order valence-electron chi connectivity index (χ4n) is 2.44. The molecule has 0 aliphatic heterocycles. The second kappa shape index (κ2) is 6.26. The molecule has 0 aliphatic carbocycles. The Labute approximate surface area is 140 Å². The number of ketones is 1. The minimum absolute atomic E-state index is 0.227. The first-order valence-corrected chi connectivity index (χ1v) is 8.51. The van der Waals surface area contributed by atoms with E-state index in [1.807, 2.05) is 19.9 Å². The second-order valence-electron chi connectivity index (χ2n) is 5.58. The van der Waals surface area contributed by atoms with Crippen molar-refractivity contribution in [2.24, 2.45) is 0 Å².